The van der Waals surface area contributed by atoms with E-state index in [1.54, 1.807) is 0 Å². The van der Waals surface area contributed by atoms with Gasteiger partial charge in [-0.15, -0.1) is 0 Å². The van der Waals surface area contributed by atoms with Crippen LogP contribution < -0.4 is 5.32 Å². The molecule has 1 atom stereocenters. The number of hydrogen-bond donors (Lipinski definition) is 1. The third kappa shape index (κ3) is 14.5. The van der Waals surface area contributed by atoms with Crippen LogP contribution in [-0.2, 0) is 9.47 Å². The van der Waals surface area contributed by atoms with Crippen LogP contribution in [0.5, 0.6) is 0 Å². The number of carbonyl (C=O) groups is 1. The van der Waals surface area contributed by atoms with Crippen molar-refractivity contribution in [3.05, 3.63) is 0 Å². The highest BCUT2D eigenvalue weighted by Gasteiger charge is 2.25. The predicted octanol–water partition coefficient (Wildman–Crippen LogP) is 5.65. The van der Waals surface area contributed by atoms with Crippen LogP contribution in [0.4, 0.5) is 4.79 Å². The number of carbonyl (C=O) groups excluding carboxylic acids is 1. The Kier molecular flexibility index (Phi) is 10.5. The minimum absolute atomic E-state index is 0.439. The lowest BCUT2D eigenvalue weighted by molar-refractivity contribution is -0.0605. The van der Waals surface area contributed by atoms with Gasteiger partial charge in [0.2, 0.25) is 0 Å². The summed E-state index contributed by atoms with van der Waals surface area (Å²) < 4.78 is 11.1. The zero-order valence-corrected chi connectivity index (χ0v) is 16.5. The lowest BCUT2D eigenvalue weighted by Crippen LogP contribution is -2.48. The summed E-state index contributed by atoms with van der Waals surface area (Å²) in [7, 11) is 0. The van der Waals surface area contributed by atoms with Gasteiger partial charge in [0.25, 0.3) is 0 Å². The Morgan fingerprint density at radius 2 is 1.57 bits per heavy atom. The Morgan fingerprint density at radius 3 is 2.13 bits per heavy atom. The second-order valence-corrected chi connectivity index (χ2v) is 8.11. The molecule has 23 heavy (non-hydrogen) atoms. The number of rotatable bonds is 11. The Morgan fingerprint density at radius 1 is 1.00 bits per heavy atom. The van der Waals surface area contributed by atoms with E-state index in [1.807, 2.05) is 34.6 Å². The fourth-order valence-corrected chi connectivity index (χ4v) is 2.29. The molecule has 0 aliphatic carbocycles. The van der Waals surface area contributed by atoms with Crippen molar-refractivity contribution >= 4 is 6.09 Å². The van der Waals surface area contributed by atoms with Crippen molar-refractivity contribution in [3.8, 4) is 0 Å². The number of unbranched alkanes of at least 4 members (excludes halogenated alkanes) is 5. The lowest BCUT2D eigenvalue weighted by atomic mass is 10.0. The standard InChI is InChI=1S/C19H39NO3/c1-8-9-10-11-12-13-14-16(2)15-22-19(6,7)20-17(21)23-18(3,4)5/h16H,8-15H2,1-7H3,(H,20,21). The summed E-state index contributed by atoms with van der Waals surface area (Å²) in [5, 5.41) is 2.78. The second kappa shape index (κ2) is 10.9. The van der Waals surface area contributed by atoms with Crippen LogP contribution in [0.2, 0.25) is 0 Å². The fourth-order valence-electron chi connectivity index (χ4n) is 2.29. The summed E-state index contributed by atoms with van der Waals surface area (Å²) in [6.45, 7) is 14.4. The van der Waals surface area contributed by atoms with Gasteiger partial charge < -0.3 is 9.47 Å². The SMILES string of the molecule is CCCCCCCCC(C)COC(C)(C)NC(=O)OC(C)(C)C. The fraction of sp³-hybridized carbons (Fsp3) is 0.947. The third-order valence-electron chi connectivity index (χ3n) is 3.58. The minimum Gasteiger partial charge on any atom is -0.444 e. The van der Waals surface area contributed by atoms with Crippen molar-refractivity contribution in [1.82, 2.24) is 5.32 Å². The van der Waals surface area contributed by atoms with Gasteiger partial charge in [0.1, 0.15) is 11.3 Å². The normalized spacial score (nSPS) is 13.7. The molecule has 1 unspecified atom stereocenters. The van der Waals surface area contributed by atoms with Crippen molar-refractivity contribution in [2.45, 2.75) is 105 Å². The molecule has 138 valence electrons. The molecule has 4 heteroatoms. The summed E-state index contributed by atoms with van der Waals surface area (Å²) in [4.78, 5) is 11.8. The number of amides is 1. The smallest absolute Gasteiger partial charge is 0.409 e. The predicted molar refractivity (Wildman–Crippen MR) is 96.6 cm³/mol. The van der Waals surface area contributed by atoms with Gasteiger partial charge in [-0.1, -0.05) is 52.4 Å². The van der Waals surface area contributed by atoms with Crippen LogP contribution in [0, 0.1) is 5.92 Å². The zero-order chi connectivity index (χ0) is 17.9. The van der Waals surface area contributed by atoms with Gasteiger partial charge in [0.05, 0.1) is 6.61 Å². The summed E-state index contributed by atoms with van der Waals surface area (Å²) in [6, 6.07) is 0. The van der Waals surface area contributed by atoms with Crippen LogP contribution in [0.25, 0.3) is 0 Å². The first-order chi connectivity index (χ1) is 10.6. The minimum atomic E-state index is -0.711. The van der Waals surface area contributed by atoms with E-state index in [9.17, 15) is 4.79 Å². The molecule has 0 saturated carbocycles. The second-order valence-electron chi connectivity index (χ2n) is 8.11. The Balaban J connectivity index is 3.87. The van der Waals surface area contributed by atoms with Crippen LogP contribution in [-0.4, -0.2) is 24.0 Å². The molecule has 0 saturated heterocycles. The molecule has 4 nitrogen and oxygen atoms in total. The van der Waals surface area contributed by atoms with Crippen LogP contribution in [0.15, 0.2) is 0 Å². The van der Waals surface area contributed by atoms with Crippen molar-refractivity contribution in [3.63, 3.8) is 0 Å². The highest BCUT2D eigenvalue weighted by atomic mass is 16.6. The maximum Gasteiger partial charge on any atom is 0.409 e. The average Bonchev–Trinajstić information content (AvgIpc) is 2.37. The number of hydrogen-bond acceptors (Lipinski definition) is 3. The molecule has 0 fully saturated rings. The summed E-state index contributed by atoms with van der Waals surface area (Å²) in [5.41, 5.74) is -1.21. The largest absolute Gasteiger partial charge is 0.444 e. The molecular formula is C19H39NO3. The van der Waals surface area contributed by atoms with Crippen LogP contribution in [0.1, 0.15) is 93.4 Å². The molecule has 1 amide bonds. The van der Waals surface area contributed by atoms with Crippen molar-refractivity contribution < 1.29 is 14.3 Å². The number of nitrogens with one attached hydrogen (secondary N) is 1. The van der Waals surface area contributed by atoms with Gasteiger partial charge in [-0.3, -0.25) is 5.32 Å². The van der Waals surface area contributed by atoms with Gasteiger partial charge >= 0.3 is 6.09 Å². The first kappa shape index (κ1) is 22.2. The molecule has 0 radical (unpaired) electrons. The molecule has 0 aliphatic rings. The Bertz CT molecular complexity index is 321. The van der Waals surface area contributed by atoms with Crippen LogP contribution in [0.3, 0.4) is 0 Å². The topological polar surface area (TPSA) is 47.6 Å². The van der Waals surface area contributed by atoms with E-state index < -0.39 is 17.4 Å². The van der Waals surface area contributed by atoms with Crippen LogP contribution >= 0.6 is 0 Å². The maximum absolute atomic E-state index is 11.8. The molecule has 0 rings (SSSR count). The van der Waals surface area contributed by atoms with Crippen molar-refractivity contribution in [2.75, 3.05) is 6.61 Å². The van der Waals surface area contributed by atoms with Gasteiger partial charge in [-0.2, -0.15) is 0 Å². The summed E-state index contributed by atoms with van der Waals surface area (Å²) in [6.07, 6.45) is 8.65. The molecule has 0 aromatic rings. The van der Waals surface area contributed by atoms with Gasteiger partial charge in [-0.05, 0) is 47.0 Å². The van der Waals surface area contributed by atoms with E-state index in [1.165, 1.54) is 44.9 Å². The van der Waals surface area contributed by atoms with Crippen molar-refractivity contribution in [2.24, 2.45) is 5.92 Å². The summed E-state index contributed by atoms with van der Waals surface area (Å²) >= 11 is 0. The van der Waals surface area contributed by atoms with E-state index in [2.05, 4.69) is 19.2 Å². The molecule has 0 heterocycles. The highest BCUT2D eigenvalue weighted by Crippen LogP contribution is 2.16. The molecular weight excluding hydrogens is 290 g/mol. The quantitative estimate of drug-likeness (QED) is 0.393. The number of alkyl carbamates (subject to hydrolysis) is 1. The molecule has 0 aromatic carbocycles. The molecule has 0 bridgehead atoms. The first-order valence-corrected chi connectivity index (χ1v) is 9.21. The lowest BCUT2D eigenvalue weighted by Gasteiger charge is -2.30. The summed E-state index contributed by atoms with van der Waals surface area (Å²) in [5.74, 6) is 0.501. The monoisotopic (exact) mass is 329 g/mol. The average molecular weight is 330 g/mol. The first-order valence-electron chi connectivity index (χ1n) is 9.21. The van der Waals surface area contributed by atoms with Gasteiger partial charge in [-0.25, -0.2) is 4.79 Å². The Hall–Kier alpha value is -0.770. The van der Waals surface area contributed by atoms with E-state index >= 15 is 0 Å². The zero-order valence-electron chi connectivity index (χ0n) is 16.5. The number of ether oxygens (including phenoxy) is 2. The maximum atomic E-state index is 11.8. The van der Waals surface area contributed by atoms with Gasteiger partial charge in [0, 0.05) is 0 Å². The Labute approximate surface area is 143 Å². The van der Waals surface area contributed by atoms with E-state index in [0.29, 0.717) is 12.5 Å². The van der Waals surface area contributed by atoms with E-state index in [-0.39, 0.29) is 0 Å². The highest BCUT2D eigenvalue weighted by molar-refractivity contribution is 5.68. The molecule has 0 aromatic heterocycles. The molecule has 1 N–H and O–H groups in total. The molecule has 0 aliphatic heterocycles. The van der Waals surface area contributed by atoms with Crippen molar-refractivity contribution in [1.29, 1.82) is 0 Å². The van der Waals surface area contributed by atoms with Gasteiger partial charge in [0.15, 0.2) is 0 Å². The third-order valence-corrected chi connectivity index (χ3v) is 3.58. The van der Waals surface area contributed by atoms with E-state index in [0.717, 1.165) is 0 Å². The molecule has 0 spiro atoms. The van der Waals surface area contributed by atoms with E-state index in [4.69, 9.17) is 9.47 Å².